The summed E-state index contributed by atoms with van der Waals surface area (Å²) >= 11 is 0. The highest BCUT2D eigenvalue weighted by molar-refractivity contribution is 5.75. The molecular weight excluding hydrogens is 358 g/mol. The van der Waals surface area contributed by atoms with Crippen molar-refractivity contribution < 1.29 is 14.1 Å². The highest BCUT2D eigenvalue weighted by Crippen LogP contribution is 2.32. The summed E-state index contributed by atoms with van der Waals surface area (Å²) in [4.78, 5) is 21.1. The maximum absolute atomic E-state index is 12.8. The van der Waals surface area contributed by atoms with Crippen LogP contribution >= 0.6 is 0 Å². The fourth-order valence-electron chi connectivity index (χ4n) is 3.64. The van der Waals surface area contributed by atoms with E-state index in [1.165, 1.54) is 11.3 Å². The monoisotopic (exact) mass is 387 g/mol. The number of amides is 2. The zero-order valence-corrected chi connectivity index (χ0v) is 17.0. The summed E-state index contributed by atoms with van der Waals surface area (Å²) in [6.45, 7) is 8.65. The molecule has 0 aliphatic carbocycles. The first kappa shape index (κ1) is 20.1. The third kappa shape index (κ3) is 4.44. The van der Waals surface area contributed by atoms with Gasteiger partial charge in [-0.2, -0.15) is 4.98 Å². The van der Waals surface area contributed by atoms with Gasteiger partial charge in [0.25, 0.3) is 0 Å². The van der Waals surface area contributed by atoms with Crippen molar-refractivity contribution in [1.82, 2.24) is 20.4 Å². The summed E-state index contributed by atoms with van der Waals surface area (Å²) in [5.74, 6) is 1.02. The lowest BCUT2D eigenvalue weighted by atomic mass is 10.2. The van der Waals surface area contributed by atoms with Crippen LogP contribution in [0.5, 0.6) is 0 Å². The molecule has 1 aromatic carbocycles. The fraction of sp³-hybridized carbons (Fsp3) is 0.550. The molecule has 1 saturated heterocycles. The molecule has 152 valence electrons. The Hall–Kier alpha value is -2.61. The number of para-hydroxylation sites is 1. The van der Waals surface area contributed by atoms with E-state index in [1.54, 1.807) is 18.9 Å². The quantitative estimate of drug-likeness (QED) is 0.786. The van der Waals surface area contributed by atoms with Crippen LogP contribution in [-0.2, 0) is 4.74 Å². The van der Waals surface area contributed by atoms with Crippen molar-refractivity contribution in [2.24, 2.45) is 0 Å². The van der Waals surface area contributed by atoms with Crippen LogP contribution in [0.15, 0.2) is 28.8 Å². The largest absolute Gasteiger partial charge is 0.380 e. The van der Waals surface area contributed by atoms with Crippen LogP contribution in [0.25, 0.3) is 0 Å². The van der Waals surface area contributed by atoms with E-state index in [1.807, 2.05) is 12.1 Å². The Morgan fingerprint density at radius 3 is 2.82 bits per heavy atom. The number of rotatable bonds is 7. The van der Waals surface area contributed by atoms with Crippen molar-refractivity contribution in [3.8, 4) is 0 Å². The smallest absolute Gasteiger partial charge is 0.318 e. The fourth-order valence-corrected chi connectivity index (χ4v) is 3.64. The van der Waals surface area contributed by atoms with Gasteiger partial charge in [-0.3, -0.25) is 0 Å². The van der Waals surface area contributed by atoms with Crippen LogP contribution in [0.3, 0.4) is 0 Å². The van der Waals surface area contributed by atoms with Gasteiger partial charge in [0.1, 0.15) is 6.04 Å². The molecule has 0 spiro atoms. The molecule has 1 aliphatic rings. The number of anilines is 1. The third-order valence-corrected chi connectivity index (χ3v) is 5.18. The lowest BCUT2D eigenvalue weighted by molar-refractivity contribution is 0.110. The molecule has 0 radical (unpaired) electrons. The molecule has 2 amide bonds. The topological polar surface area (TPSA) is 83.7 Å². The van der Waals surface area contributed by atoms with Crippen molar-refractivity contribution in [2.45, 2.75) is 39.3 Å². The molecule has 8 nitrogen and oxygen atoms in total. The molecule has 2 atom stereocenters. The maximum atomic E-state index is 12.8. The Morgan fingerprint density at radius 2 is 2.18 bits per heavy atom. The zero-order chi connectivity index (χ0) is 20.1. The van der Waals surface area contributed by atoms with Crippen molar-refractivity contribution in [3.05, 3.63) is 41.5 Å². The molecule has 1 aromatic heterocycles. The SMILES string of the molecule is CCN(CCNC(=O)N1C[C@@H](OC)C[C@@H]1c1nc(C)no1)c1ccccc1C. The molecule has 0 saturated carbocycles. The minimum Gasteiger partial charge on any atom is -0.380 e. The average Bonchev–Trinajstić information content (AvgIpc) is 3.32. The van der Waals surface area contributed by atoms with E-state index in [0.717, 1.165) is 13.1 Å². The van der Waals surface area contributed by atoms with Crippen LogP contribution in [-0.4, -0.2) is 60.5 Å². The summed E-state index contributed by atoms with van der Waals surface area (Å²) in [6.07, 6.45) is 0.609. The first-order valence-electron chi connectivity index (χ1n) is 9.71. The summed E-state index contributed by atoms with van der Waals surface area (Å²) in [5.41, 5.74) is 2.42. The van der Waals surface area contributed by atoms with E-state index in [2.05, 4.69) is 46.3 Å². The third-order valence-electron chi connectivity index (χ3n) is 5.18. The van der Waals surface area contributed by atoms with E-state index in [9.17, 15) is 4.79 Å². The first-order valence-corrected chi connectivity index (χ1v) is 9.71. The Kier molecular flexibility index (Phi) is 6.51. The number of hydrogen-bond donors (Lipinski definition) is 1. The molecule has 2 heterocycles. The number of carbonyl (C=O) groups is 1. The normalized spacial score (nSPS) is 19.1. The number of likely N-dealkylation sites (N-methyl/N-ethyl adjacent to an activating group) is 1. The van der Waals surface area contributed by atoms with Gasteiger partial charge in [-0.05, 0) is 32.4 Å². The number of aromatic nitrogens is 2. The van der Waals surface area contributed by atoms with E-state index in [0.29, 0.717) is 31.2 Å². The highest BCUT2D eigenvalue weighted by Gasteiger charge is 2.39. The number of urea groups is 1. The molecule has 8 heteroatoms. The predicted octanol–water partition coefficient (Wildman–Crippen LogP) is 2.68. The van der Waals surface area contributed by atoms with Gasteiger partial charge < -0.3 is 24.4 Å². The standard InChI is InChI=1S/C20H29N5O3/c1-5-24(17-9-7-6-8-14(17)2)11-10-21-20(26)25-13-16(27-4)12-18(25)19-22-15(3)23-28-19/h6-9,16,18H,5,10-13H2,1-4H3,(H,21,26)/t16-,18+/m0/s1. The minimum absolute atomic E-state index is 0.0398. The van der Waals surface area contributed by atoms with Gasteiger partial charge >= 0.3 is 6.03 Å². The van der Waals surface area contributed by atoms with E-state index >= 15 is 0 Å². The molecule has 1 aliphatic heterocycles. The van der Waals surface area contributed by atoms with Gasteiger partial charge in [-0.25, -0.2) is 4.79 Å². The number of carbonyl (C=O) groups excluding carboxylic acids is 1. The maximum Gasteiger partial charge on any atom is 0.318 e. The molecule has 1 fully saturated rings. The van der Waals surface area contributed by atoms with Crippen molar-refractivity contribution in [1.29, 1.82) is 0 Å². The van der Waals surface area contributed by atoms with Crippen LogP contribution in [0.1, 0.15) is 36.7 Å². The number of ether oxygens (including phenoxy) is 1. The Morgan fingerprint density at radius 1 is 1.39 bits per heavy atom. The first-order chi connectivity index (χ1) is 13.5. The molecule has 1 N–H and O–H groups in total. The molecule has 0 unspecified atom stereocenters. The van der Waals surface area contributed by atoms with Crippen molar-refractivity contribution >= 4 is 11.7 Å². The van der Waals surface area contributed by atoms with Crippen LogP contribution in [0.2, 0.25) is 0 Å². The number of hydrogen-bond acceptors (Lipinski definition) is 6. The number of nitrogens with one attached hydrogen (secondary N) is 1. The van der Waals surface area contributed by atoms with Gasteiger partial charge in [0.15, 0.2) is 5.82 Å². The highest BCUT2D eigenvalue weighted by atomic mass is 16.5. The second kappa shape index (κ2) is 9.05. The van der Waals surface area contributed by atoms with Gasteiger partial charge in [0.05, 0.1) is 6.10 Å². The summed E-state index contributed by atoms with van der Waals surface area (Å²) in [5, 5.41) is 6.88. The van der Waals surface area contributed by atoms with Crippen molar-refractivity contribution in [2.75, 3.05) is 38.2 Å². The summed E-state index contributed by atoms with van der Waals surface area (Å²) < 4.78 is 10.8. The van der Waals surface area contributed by atoms with Crippen LogP contribution in [0.4, 0.5) is 10.5 Å². The number of likely N-dealkylation sites (tertiary alicyclic amines) is 1. The molecule has 2 aromatic rings. The number of benzene rings is 1. The molecular formula is C20H29N5O3. The lowest BCUT2D eigenvalue weighted by Crippen LogP contribution is -2.43. The summed E-state index contributed by atoms with van der Waals surface area (Å²) in [6, 6.07) is 7.88. The van der Waals surface area contributed by atoms with E-state index < -0.39 is 0 Å². The number of aryl methyl sites for hydroxylation is 2. The summed E-state index contributed by atoms with van der Waals surface area (Å²) in [7, 11) is 1.66. The van der Waals surface area contributed by atoms with Crippen LogP contribution < -0.4 is 10.2 Å². The van der Waals surface area contributed by atoms with Gasteiger partial charge in [0, 0.05) is 45.4 Å². The molecule has 3 rings (SSSR count). The van der Waals surface area contributed by atoms with Crippen LogP contribution in [0, 0.1) is 13.8 Å². The number of nitrogens with zero attached hydrogens (tertiary/aromatic N) is 4. The Bertz CT molecular complexity index is 794. The molecule has 28 heavy (non-hydrogen) atoms. The minimum atomic E-state index is -0.259. The lowest BCUT2D eigenvalue weighted by Gasteiger charge is -2.26. The van der Waals surface area contributed by atoms with Gasteiger partial charge in [-0.15, -0.1) is 0 Å². The predicted molar refractivity (Wildman–Crippen MR) is 106 cm³/mol. The Balaban J connectivity index is 1.60. The zero-order valence-electron chi connectivity index (χ0n) is 17.0. The average molecular weight is 387 g/mol. The second-order valence-corrected chi connectivity index (χ2v) is 7.04. The molecule has 0 bridgehead atoms. The number of methoxy groups -OCH3 is 1. The second-order valence-electron chi connectivity index (χ2n) is 7.04. The van der Waals surface area contributed by atoms with E-state index in [-0.39, 0.29) is 18.2 Å². The Labute approximate surface area is 165 Å². The van der Waals surface area contributed by atoms with Gasteiger partial charge in [0.2, 0.25) is 5.89 Å². The van der Waals surface area contributed by atoms with Crippen molar-refractivity contribution in [3.63, 3.8) is 0 Å². The van der Waals surface area contributed by atoms with Gasteiger partial charge in [-0.1, -0.05) is 23.4 Å². The van der Waals surface area contributed by atoms with E-state index in [4.69, 9.17) is 9.26 Å².